The Bertz CT molecular complexity index is 1550. The van der Waals surface area contributed by atoms with Gasteiger partial charge in [-0.25, -0.2) is 4.98 Å². The Kier molecular flexibility index (Phi) is 6.38. The minimum absolute atomic E-state index is 0.689. The maximum atomic E-state index is 5.22. The lowest BCUT2D eigenvalue weighted by Gasteiger charge is -2.15. The predicted octanol–water partition coefficient (Wildman–Crippen LogP) is 6.80. The third-order valence-corrected chi connectivity index (χ3v) is 6.14. The molecule has 0 aliphatic rings. The summed E-state index contributed by atoms with van der Waals surface area (Å²) < 4.78 is 0. The summed E-state index contributed by atoms with van der Waals surface area (Å²) in [5.74, 6) is 0. The highest BCUT2D eigenvalue weighted by atomic mass is 14.8. The van der Waals surface area contributed by atoms with Crippen molar-refractivity contribution in [2.45, 2.75) is 41.0 Å². The van der Waals surface area contributed by atoms with Gasteiger partial charge in [0.05, 0.1) is 28.5 Å². The molecule has 0 aromatic carbocycles. The molecule has 5 heterocycles. The van der Waals surface area contributed by atoms with E-state index in [0.717, 1.165) is 73.5 Å². The zero-order chi connectivity index (χ0) is 25.2. The van der Waals surface area contributed by atoms with Gasteiger partial charge in [0.15, 0.2) is 0 Å². The average Bonchev–Trinajstić information content (AvgIpc) is 2.84. The van der Waals surface area contributed by atoms with E-state index in [2.05, 4.69) is 48.3 Å². The van der Waals surface area contributed by atoms with E-state index < -0.39 is 0 Å². The Morgan fingerprint density at radius 2 is 1.33 bits per heavy atom. The first-order valence-corrected chi connectivity index (χ1v) is 12.1. The highest BCUT2D eigenvalue weighted by Gasteiger charge is 2.16. The number of hydrogen-bond donors (Lipinski definition) is 0. The lowest BCUT2D eigenvalue weighted by atomic mass is 9.98. The number of nitrogens with zero attached hydrogens (tertiary/aromatic N) is 5. The normalized spacial score (nSPS) is 11.0. The largest absolute Gasteiger partial charge is 0.258 e. The first kappa shape index (κ1) is 23.5. The van der Waals surface area contributed by atoms with Crippen LogP contribution >= 0.6 is 0 Å². The summed E-state index contributed by atoms with van der Waals surface area (Å²) in [5.41, 5.74) is 12.6. The van der Waals surface area contributed by atoms with Gasteiger partial charge >= 0.3 is 0 Å². The van der Waals surface area contributed by atoms with E-state index in [9.17, 15) is 0 Å². The lowest BCUT2D eigenvalue weighted by Crippen LogP contribution is -2.03. The summed E-state index contributed by atoms with van der Waals surface area (Å²) in [6.07, 6.45) is 2.58. The van der Waals surface area contributed by atoms with Crippen LogP contribution in [0, 0.1) is 34.6 Å². The van der Waals surface area contributed by atoms with E-state index in [1.165, 1.54) is 0 Å². The highest BCUT2D eigenvalue weighted by Crippen LogP contribution is 2.31. The van der Waals surface area contributed by atoms with E-state index >= 15 is 0 Å². The first-order chi connectivity index (χ1) is 17.4. The fraction of sp³-hybridized carbons (Fsp3) is 0.194. The summed E-state index contributed by atoms with van der Waals surface area (Å²) in [5, 5.41) is 0. The Morgan fingerprint density at radius 3 is 2.06 bits per heavy atom. The van der Waals surface area contributed by atoms with Crippen molar-refractivity contribution in [3.63, 3.8) is 0 Å². The molecule has 0 atom stereocenters. The van der Waals surface area contributed by atoms with Gasteiger partial charge in [0.25, 0.3) is 0 Å². The Balaban J connectivity index is 1.66. The third kappa shape index (κ3) is 5.05. The summed E-state index contributed by atoms with van der Waals surface area (Å²) in [4.78, 5) is 24.1. The Hall–Kier alpha value is -4.25. The van der Waals surface area contributed by atoms with E-state index in [-0.39, 0.29) is 0 Å². The molecule has 0 fully saturated rings. The monoisotopic (exact) mass is 471 g/mol. The molecule has 0 spiro atoms. The van der Waals surface area contributed by atoms with Crippen molar-refractivity contribution >= 4 is 0 Å². The van der Waals surface area contributed by atoms with Gasteiger partial charge in [-0.1, -0.05) is 24.3 Å². The zero-order valence-electron chi connectivity index (χ0n) is 21.4. The van der Waals surface area contributed by atoms with Crippen molar-refractivity contribution < 1.29 is 0 Å². The summed E-state index contributed by atoms with van der Waals surface area (Å²) in [6, 6.07) is 22.7. The van der Waals surface area contributed by atoms with Gasteiger partial charge in [0.2, 0.25) is 0 Å². The maximum Gasteiger partial charge on any atom is 0.0929 e. The van der Waals surface area contributed by atoms with Crippen molar-refractivity contribution in [3.8, 4) is 34.0 Å². The lowest BCUT2D eigenvalue weighted by molar-refractivity contribution is 1.02. The van der Waals surface area contributed by atoms with Gasteiger partial charge in [-0.3, -0.25) is 19.9 Å². The second-order valence-electron chi connectivity index (χ2n) is 9.38. The summed E-state index contributed by atoms with van der Waals surface area (Å²) in [6.45, 7) is 10.2. The molecule has 5 heteroatoms. The highest BCUT2D eigenvalue weighted by molar-refractivity contribution is 5.73. The number of rotatable bonds is 5. The number of aromatic nitrogens is 5. The van der Waals surface area contributed by atoms with Crippen LogP contribution in [0.25, 0.3) is 34.0 Å². The fourth-order valence-electron chi connectivity index (χ4n) is 4.44. The minimum Gasteiger partial charge on any atom is -0.258 e. The van der Waals surface area contributed by atoms with Gasteiger partial charge in [0.1, 0.15) is 0 Å². The molecule has 0 bridgehead atoms. The van der Waals surface area contributed by atoms with Crippen LogP contribution in [-0.2, 0) is 6.42 Å². The standard InChI is InChI=1S/C31H29N5/c1-19-12-13-28(32-18-19)31-24(16-26-10-6-8-21(3)33-26)14-20(2)30(36-31)25-15-23(5)35-29(17-25)27-11-7-9-22(4)34-27/h6-15,17-18H,16H2,1-5H3. The molecule has 36 heavy (non-hydrogen) atoms. The van der Waals surface area contributed by atoms with Gasteiger partial charge < -0.3 is 0 Å². The smallest absolute Gasteiger partial charge is 0.0929 e. The molecule has 5 rings (SSSR count). The number of pyridine rings is 5. The van der Waals surface area contributed by atoms with Gasteiger partial charge in [0, 0.05) is 41.0 Å². The number of aryl methyl sites for hydroxylation is 5. The average molecular weight is 472 g/mol. The predicted molar refractivity (Wildman–Crippen MR) is 145 cm³/mol. The first-order valence-electron chi connectivity index (χ1n) is 12.1. The molecule has 0 radical (unpaired) electrons. The third-order valence-electron chi connectivity index (χ3n) is 6.14. The molecule has 178 valence electrons. The van der Waals surface area contributed by atoms with Crippen LogP contribution in [0.4, 0.5) is 0 Å². The Labute approximate surface area is 212 Å². The van der Waals surface area contributed by atoms with Crippen LogP contribution < -0.4 is 0 Å². The van der Waals surface area contributed by atoms with Crippen LogP contribution in [0.5, 0.6) is 0 Å². The molecular weight excluding hydrogens is 442 g/mol. The van der Waals surface area contributed by atoms with Crippen molar-refractivity contribution in [1.29, 1.82) is 0 Å². The maximum absolute atomic E-state index is 5.22. The fourth-order valence-corrected chi connectivity index (χ4v) is 4.44. The summed E-state index contributed by atoms with van der Waals surface area (Å²) >= 11 is 0. The van der Waals surface area contributed by atoms with Gasteiger partial charge in [-0.05, 0) is 93.8 Å². The van der Waals surface area contributed by atoms with Crippen LogP contribution in [0.15, 0.2) is 72.9 Å². The molecule has 0 aliphatic carbocycles. The van der Waals surface area contributed by atoms with Crippen LogP contribution in [0.2, 0.25) is 0 Å². The molecule has 0 N–H and O–H groups in total. The zero-order valence-corrected chi connectivity index (χ0v) is 21.4. The van der Waals surface area contributed by atoms with Crippen LogP contribution in [-0.4, -0.2) is 24.9 Å². The Morgan fingerprint density at radius 1 is 0.583 bits per heavy atom. The van der Waals surface area contributed by atoms with Crippen LogP contribution in [0.3, 0.4) is 0 Å². The molecule has 5 aromatic rings. The van der Waals surface area contributed by atoms with E-state index in [4.69, 9.17) is 19.9 Å². The molecule has 0 unspecified atom stereocenters. The van der Waals surface area contributed by atoms with E-state index in [0.29, 0.717) is 6.42 Å². The molecule has 0 aliphatic heterocycles. The molecule has 5 aromatic heterocycles. The summed E-state index contributed by atoms with van der Waals surface area (Å²) in [7, 11) is 0. The topological polar surface area (TPSA) is 64.5 Å². The van der Waals surface area contributed by atoms with Gasteiger partial charge in [-0.15, -0.1) is 0 Å². The van der Waals surface area contributed by atoms with Crippen molar-refractivity contribution in [1.82, 2.24) is 24.9 Å². The second kappa shape index (κ2) is 9.78. The second-order valence-corrected chi connectivity index (χ2v) is 9.38. The van der Waals surface area contributed by atoms with Crippen molar-refractivity contribution in [3.05, 3.63) is 112 Å². The van der Waals surface area contributed by atoms with Crippen LogP contribution in [0.1, 0.15) is 39.5 Å². The van der Waals surface area contributed by atoms with E-state index in [1.54, 1.807) is 0 Å². The van der Waals surface area contributed by atoms with Crippen molar-refractivity contribution in [2.75, 3.05) is 0 Å². The SMILES string of the molecule is Cc1ccc(-c2nc(-c3cc(C)nc(-c4cccc(C)n4)c3)c(C)cc2Cc2cccc(C)n2)nc1. The van der Waals surface area contributed by atoms with Gasteiger partial charge in [-0.2, -0.15) is 0 Å². The number of hydrogen-bond acceptors (Lipinski definition) is 5. The minimum atomic E-state index is 0.689. The van der Waals surface area contributed by atoms with Crippen molar-refractivity contribution in [2.24, 2.45) is 0 Å². The molecule has 0 saturated heterocycles. The van der Waals surface area contributed by atoms with E-state index in [1.807, 2.05) is 64.2 Å². The molecule has 5 nitrogen and oxygen atoms in total. The molecule has 0 saturated carbocycles. The molecular formula is C31H29N5. The molecule has 0 amide bonds. The quantitative estimate of drug-likeness (QED) is 0.282.